The minimum Gasteiger partial charge on any atom is -0.504 e. The van der Waals surface area contributed by atoms with Crippen LogP contribution in [0, 0.1) is 0 Å². The molecule has 1 aliphatic heterocycles. The van der Waals surface area contributed by atoms with Crippen molar-refractivity contribution in [2.75, 3.05) is 6.61 Å². The van der Waals surface area contributed by atoms with Crippen LogP contribution in [-0.2, 0) is 4.74 Å². The predicted molar refractivity (Wildman–Crippen MR) is 90.8 cm³/mol. The van der Waals surface area contributed by atoms with E-state index in [4.69, 9.17) is 9.47 Å². The maximum absolute atomic E-state index is 12.2. The fourth-order valence-electron chi connectivity index (χ4n) is 2.63. The first-order chi connectivity index (χ1) is 11.9. The molecule has 1 saturated heterocycles. The van der Waals surface area contributed by atoms with Gasteiger partial charge in [-0.3, -0.25) is 4.79 Å². The maximum Gasteiger partial charge on any atom is 0.231 e. The van der Waals surface area contributed by atoms with Gasteiger partial charge in [0.1, 0.15) is 0 Å². The van der Waals surface area contributed by atoms with Crippen molar-refractivity contribution in [3.8, 4) is 17.2 Å². The fraction of sp³-hybridized carbons (Fsp3) is 0.389. The highest BCUT2D eigenvalue weighted by Gasteiger charge is 2.28. The highest BCUT2D eigenvalue weighted by atomic mass is 16.7. The molecule has 4 N–H and O–H groups in total. The molecule has 0 amide bonds. The number of aromatic hydroxyl groups is 2. The number of carbonyl (C=O) groups is 1. The summed E-state index contributed by atoms with van der Waals surface area (Å²) in [7, 11) is 0. The maximum atomic E-state index is 12.2. The Morgan fingerprint density at radius 1 is 1.40 bits per heavy atom. The Morgan fingerprint density at radius 3 is 2.72 bits per heavy atom. The van der Waals surface area contributed by atoms with E-state index in [-0.39, 0.29) is 29.6 Å². The van der Waals surface area contributed by atoms with Crippen LogP contribution in [0.5, 0.6) is 17.2 Å². The predicted octanol–water partition coefficient (Wildman–Crippen LogP) is 2.65. The number of hydrogen-bond acceptors (Lipinski definition) is 7. The topological polar surface area (TPSA) is 116 Å². The molecule has 0 aliphatic carbocycles. The van der Waals surface area contributed by atoms with Crippen LogP contribution < -0.4 is 4.74 Å². The highest BCUT2D eigenvalue weighted by molar-refractivity contribution is 6.11. The Labute approximate surface area is 145 Å². The largest absolute Gasteiger partial charge is 0.504 e. The zero-order chi connectivity index (χ0) is 18.6. The Balaban J connectivity index is 2.36. The van der Waals surface area contributed by atoms with Crippen molar-refractivity contribution in [1.29, 1.82) is 0 Å². The summed E-state index contributed by atoms with van der Waals surface area (Å²) in [6, 6.07) is 1.34. The smallest absolute Gasteiger partial charge is 0.231 e. The summed E-state index contributed by atoms with van der Waals surface area (Å²) < 4.78 is 11.1. The van der Waals surface area contributed by atoms with Crippen molar-refractivity contribution in [1.82, 2.24) is 0 Å². The molecule has 1 fully saturated rings. The second kappa shape index (κ2) is 8.04. The fourth-order valence-corrected chi connectivity index (χ4v) is 2.63. The Hall–Kier alpha value is -2.51. The molecule has 0 aromatic heterocycles. The molecule has 7 nitrogen and oxygen atoms in total. The lowest BCUT2D eigenvalue weighted by Gasteiger charge is -2.29. The quantitative estimate of drug-likeness (QED) is 0.270. The number of phenols is 2. The van der Waals surface area contributed by atoms with Crippen LogP contribution >= 0.6 is 0 Å². The molecule has 1 aliphatic rings. The molecular weight excluding hydrogens is 328 g/mol. The number of Topliss-reactive ketones (excluding diaryl/α,β-unsaturated/α-hetero) is 1. The number of rotatable bonds is 6. The molecule has 136 valence electrons. The molecule has 25 heavy (non-hydrogen) atoms. The van der Waals surface area contributed by atoms with Crippen LogP contribution in [0.15, 0.2) is 24.5 Å². The van der Waals surface area contributed by atoms with E-state index in [1.54, 1.807) is 0 Å². The van der Waals surface area contributed by atoms with E-state index < -0.39 is 29.3 Å². The average Bonchev–Trinajstić information content (AvgIpc) is 2.64. The van der Waals surface area contributed by atoms with Gasteiger partial charge in [0.2, 0.25) is 11.5 Å². The van der Waals surface area contributed by atoms with Crippen LogP contribution in [-0.4, -0.2) is 45.2 Å². The van der Waals surface area contributed by atoms with Gasteiger partial charge in [0.25, 0.3) is 0 Å². The second-order valence-electron chi connectivity index (χ2n) is 5.66. The van der Waals surface area contributed by atoms with Crippen molar-refractivity contribution < 1.29 is 34.7 Å². The van der Waals surface area contributed by atoms with Gasteiger partial charge in [-0.1, -0.05) is 12.7 Å². The minimum atomic E-state index is -0.842. The van der Waals surface area contributed by atoms with Gasteiger partial charge in [0.05, 0.1) is 18.3 Å². The number of phenolic OH excluding ortho intramolecular Hbond substituents is 2. The standard InChI is InChI=1S/C18H22O7/c1-3-10-8-13(25-14-7-5-6-11(9-19)24-14)17(22)18(23)15(10)16(21)12(20)4-2/h3-4,8,11,14,19-20,22-23H,1,5-7,9H2,2H3/b12-4+/t11-,14?/m0/s1. The van der Waals surface area contributed by atoms with E-state index in [0.29, 0.717) is 12.8 Å². The molecule has 0 spiro atoms. The molecule has 2 atom stereocenters. The van der Waals surface area contributed by atoms with E-state index >= 15 is 0 Å². The van der Waals surface area contributed by atoms with Gasteiger partial charge in [-0.25, -0.2) is 0 Å². The van der Waals surface area contributed by atoms with Gasteiger partial charge in [-0.2, -0.15) is 0 Å². The van der Waals surface area contributed by atoms with E-state index in [1.165, 1.54) is 25.1 Å². The molecule has 0 bridgehead atoms. The Kier molecular flexibility index (Phi) is 6.06. The first-order valence-corrected chi connectivity index (χ1v) is 7.97. The van der Waals surface area contributed by atoms with Crippen molar-refractivity contribution in [2.45, 2.75) is 38.6 Å². The lowest BCUT2D eigenvalue weighted by molar-refractivity contribution is -0.158. The van der Waals surface area contributed by atoms with Gasteiger partial charge in [-0.05, 0) is 37.5 Å². The monoisotopic (exact) mass is 350 g/mol. The van der Waals surface area contributed by atoms with Gasteiger partial charge in [0.15, 0.2) is 23.5 Å². The Morgan fingerprint density at radius 2 is 2.12 bits per heavy atom. The van der Waals surface area contributed by atoms with Gasteiger partial charge in [-0.15, -0.1) is 0 Å². The van der Waals surface area contributed by atoms with E-state index in [1.807, 2.05) is 0 Å². The number of allylic oxidation sites excluding steroid dienone is 2. The Bertz CT molecular complexity index is 693. The number of ketones is 1. The third kappa shape index (κ3) is 3.94. The van der Waals surface area contributed by atoms with Gasteiger partial charge < -0.3 is 29.9 Å². The number of benzene rings is 1. The third-order valence-electron chi connectivity index (χ3n) is 4.00. The summed E-state index contributed by atoms with van der Waals surface area (Å²) in [5.41, 5.74) is -0.0773. The van der Waals surface area contributed by atoms with Crippen LogP contribution in [0.3, 0.4) is 0 Å². The van der Waals surface area contributed by atoms with Crippen molar-refractivity contribution in [3.63, 3.8) is 0 Å². The van der Waals surface area contributed by atoms with Crippen LogP contribution in [0.1, 0.15) is 42.1 Å². The summed E-state index contributed by atoms with van der Waals surface area (Å²) in [6.07, 6.45) is 3.49. The normalized spacial score (nSPS) is 21.0. The molecule has 2 rings (SSSR count). The minimum absolute atomic E-state index is 0.0764. The molecular formula is C18H22O7. The van der Waals surface area contributed by atoms with Crippen molar-refractivity contribution >= 4 is 11.9 Å². The summed E-state index contributed by atoms with van der Waals surface area (Å²) >= 11 is 0. The molecule has 1 heterocycles. The third-order valence-corrected chi connectivity index (χ3v) is 4.00. The number of aliphatic hydroxyl groups is 2. The molecule has 1 aromatic rings. The van der Waals surface area contributed by atoms with E-state index in [2.05, 4.69) is 6.58 Å². The van der Waals surface area contributed by atoms with Crippen LogP contribution in [0.25, 0.3) is 6.08 Å². The highest BCUT2D eigenvalue weighted by Crippen LogP contribution is 2.42. The molecule has 0 saturated carbocycles. The van der Waals surface area contributed by atoms with E-state index in [9.17, 15) is 25.2 Å². The lowest BCUT2D eigenvalue weighted by atomic mass is 9.99. The summed E-state index contributed by atoms with van der Waals surface area (Å²) in [5, 5.41) is 39.2. The van der Waals surface area contributed by atoms with Crippen molar-refractivity contribution in [2.24, 2.45) is 0 Å². The zero-order valence-electron chi connectivity index (χ0n) is 13.9. The van der Waals surface area contributed by atoms with Crippen LogP contribution in [0.4, 0.5) is 0 Å². The molecule has 1 unspecified atom stereocenters. The van der Waals surface area contributed by atoms with Gasteiger partial charge >= 0.3 is 0 Å². The number of carbonyl (C=O) groups excluding carboxylic acids is 1. The number of ether oxygens (including phenoxy) is 2. The van der Waals surface area contributed by atoms with Crippen molar-refractivity contribution in [3.05, 3.63) is 35.6 Å². The molecule has 0 radical (unpaired) electrons. The first-order valence-electron chi connectivity index (χ1n) is 7.97. The zero-order valence-corrected chi connectivity index (χ0v) is 13.9. The van der Waals surface area contributed by atoms with Gasteiger partial charge in [0, 0.05) is 6.42 Å². The van der Waals surface area contributed by atoms with Crippen LogP contribution in [0.2, 0.25) is 0 Å². The SMILES string of the molecule is C=Cc1cc(OC2CCC[C@@H](CO)O2)c(O)c(O)c1C(=O)/C(O)=C\C. The van der Waals surface area contributed by atoms with E-state index in [0.717, 1.165) is 6.42 Å². The summed E-state index contributed by atoms with van der Waals surface area (Å²) in [5.74, 6) is -2.82. The second-order valence-corrected chi connectivity index (χ2v) is 5.66. The average molecular weight is 350 g/mol. The lowest BCUT2D eigenvalue weighted by Crippen LogP contribution is -2.33. The summed E-state index contributed by atoms with van der Waals surface area (Å²) in [6.45, 7) is 4.91. The summed E-state index contributed by atoms with van der Waals surface area (Å²) in [4.78, 5) is 12.2. The molecule has 7 heteroatoms. The molecule has 1 aromatic carbocycles. The number of hydrogen-bond donors (Lipinski definition) is 4. The number of aliphatic hydroxyl groups excluding tert-OH is 2. The first kappa shape index (κ1) is 18.8.